The van der Waals surface area contributed by atoms with E-state index in [-0.39, 0.29) is 5.92 Å². The lowest BCUT2D eigenvalue weighted by molar-refractivity contribution is 0.425. The Morgan fingerprint density at radius 2 is 1.41 bits per heavy atom. The first-order valence-corrected chi connectivity index (χ1v) is 9.59. The predicted molar refractivity (Wildman–Crippen MR) is 108 cm³/mol. The molecule has 0 N–H and O–H groups in total. The Kier molecular flexibility index (Phi) is 3.87. The highest BCUT2D eigenvalue weighted by Gasteiger charge is 2.33. The largest absolute Gasteiger partial charge is 0.457 e. The van der Waals surface area contributed by atoms with Gasteiger partial charge in [-0.2, -0.15) is 0 Å². The van der Waals surface area contributed by atoms with E-state index in [0.717, 1.165) is 44.1 Å². The molecule has 5 rings (SSSR count). The van der Waals surface area contributed by atoms with Gasteiger partial charge in [0.25, 0.3) is 0 Å². The van der Waals surface area contributed by atoms with Crippen LogP contribution in [0, 0.1) is 6.92 Å². The second-order valence-corrected chi connectivity index (χ2v) is 7.48. The van der Waals surface area contributed by atoms with Crippen molar-refractivity contribution in [2.75, 3.05) is 0 Å². The SMILES string of the molecule is Cc1nc(-c2ccc(Br)cc2)c(C2c3ccccc3Oc3ccccc32)o1. The summed E-state index contributed by atoms with van der Waals surface area (Å²) >= 11 is 3.50. The van der Waals surface area contributed by atoms with Crippen LogP contribution in [0.15, 0.2) is 81.7 Å². The van der Waals surface area contributed by atoms with E-state index in [1.165, 1.54) is 0 Å². The number of benzene rings is 3. The summed E-state index contributed by atoms with van der Waals surface area (Å²) in [6.07, 6.45) is 0. The third-order valence-electron chi connectivity index (χ3n) is 4.82. The average molecular weight is 418 g/mol. The zero-order valence-electron chi connectivity index (χ0n) is 14.6. The van der Waals surface area contributed by atoms with Crippen molar-refractivity contribution < 1.29 is 9.15 Å². The lowest BCUT2D eigenvalue weighted by Crippen LogP contribution is -2.11. The first kappa shape index (κ1) is 16.3. The first-order chi connectivity index (χ1) is 13.2. The van der Waals surface area contributed by atoms with E-state index < -0.39 is 0 Å². The van der Waals surface area contributed by atoms with Gasteiger partial charge in [0.2, 0.25) is 0 Å². The summed E-state index contributed by atoms with van der Waals surface area (Å²) in [6.45, 7) is 1.89. The minimum absolute atomic E-state index is 0.0639. The van der Waals surface area contributed by atoms with Crippen molar-refractivity contribution in [2.45, 2.75) is 12.8 Å². The summed E-state index contributed by atoms with van der Waals surface area (Å²) in [5.41, 5.74) is 4.08. The van der Waals surface area contributed by atoms with Crippen LogP contribution < -0.4 is 4.74 Å². The lowest BCUT2D eigenvalue weighted by atomic mass is 9.84. The van der Waals surface area contributed by atoms with Gasteiger partial charge in [0.05, 0.1) is 5.92 Å². The normalized spacial score (nSPS) is 13.0. The standard InChI is InChI=1S/C23H16BrNO2/c1-14-25-22(15-10-12-16(24)13-11-15)23(26-14)21-17-6-2-4-8-19(17)27-20-9-5-3-7-18(20)21/h2-13,21H,1H3. The van der Waals surface area contributed by atoms with Crippen LogP contribution in [0.25, 0.3) is 11.3 Å². The van der Waals surface area contributed by atoms with E-state index in [9.17, 15) is 0 Å². The summed E-state index contributed by atoms with van der Waals surface area (Å²) in [6, 6.07) is 24.4. The molecule has 1 aromatic heterocycles. The molecule has 0 bridgehead atoms. The minimum Gasteiger partial charge on any atom is -0.457 e. The molecular formula is C23H16BrNO2. The van der Waals surface area contributed by atoms with Crippen LogP contribution in [-0.2, 0) is 0 Å². The number of oxazole rings is 1. The molecular weight excluding hydrogens is 402 g/mol. The van der Waals surface area contributed by atoms with Crippen molar-refractivity contribution in [1.29, 1.82) is 0 Å². The maximum atomic E-state index is 6.17. The van der Waals surface area contributed by atoms with Crippen LogP contribution in [0.1, 0.15) is 28.7 Å². The summed E-state index contributed by atoms with van der Waals surface area (Å²) in [5, 5.41) is 0. The molecule has 0 fully saturated rings. The summed E-state index contributed by atoms with van der Waals surface area (Å²) in [4.78, 5) is 4.71. The number of hydrogen-bond donors (Lipinski definition) is 0. The topological polar surface area (TPSA) is 35.3 Å². The van der Waals surface area contributed by atoms with E-state index in [1.807, 2.05) is 55.5 Å². The van der Waals surface area contributed by atoms with Crippen LogP contribution in [-0.4, -0.2) is 4.98 Å². The van der Waals surface area contributed by atoms with E-state index in [1.54, 1.807) is 0 Å². The average Bonchev–Trinajstić information content (AvgIpc) is 3.07. The molecule has 0 aliphatic carbocycles. The number of para-hydroxylation sites is 2. The zero-order chi connectivity index (χ0) is 18.4. The molecule has 3 aromatic carbocycles. The van der Waals surface area contributed by atoms with Crippen LogP contribution in [0.2, 0.25) is 0 Å². The minimum atomic E-state index is -0.0639. The van der Waals surface area contributed by atoms with Gasteiger partial charge in [-0.05, 0) is 24.3 Å². The van der Waals surface area contributed by atoms with Gasteiger partial charge in [0.15, 0.2) is 5.89 Å². The summed E-state index contributed by atoms with van der Waals surface area (Å²) < 4.78 is 13.3. The molecule has 0 saturated heterocycles. The molecule has 3 nitrogen and oxygen atoms in total. The number of rotatable bonds is 2. The third kappa shape index (κ3) is 2.77. The van der Waals surface area contributed by atoms with E-state index >= 15 is 0 Å². The van der Waals surface area contributed by atoms with Gasteiger partial charge in [-0.3, -0.25) is 0 Å². The Labute approximate surface area is 165 Å². The van der Waals surface area contributed by atoms with Crippen molar-refractivity contribution >= 4 is 15.9 Å². The van der Waals surface area contributed by atoms with Gasteiger partial charge in [0.1, 0.15) is 23.0 Å². The molecule has 27 heavy (non-hydrogen) atoms. The Bertz CT molecular complexity index is 1090. The van der Waals surface area contributed by atoms with Crippen LogP contribution in [0.4, 0.5) is 0 Å². The molecule has 4 heteroatoms. The van der Waals surface area contributed by atoms with Gasteiger partial charge in [-0.25, -0.2) is 4.98 Å². The van der Waals surface area contributed by atoms with E-state index in [0.29, 0.717) is 5.89 Å². The Balaban J connectivity index is 1.75. The van der Waals surface area contributed by atoms with Crippen molar-refractivity contribution in [3.8, 4) is 22.8 Å². The van der Waals surface area contributed by atoms with Crippen molar-refractivity contribution in [3.63, 3.8) is 0 Å². The number of aromatic nitrogens is 1. The highest BCUT2D eigenvalue weighted by molar-refractivity contribution is 9.10. The maximum Gasteiger partial charge on any atom is 0.191 e. The molecule has 0 radical (unpaired) electrons. The number of hydrogen-bond acceptors (Lipinski definition) is 3. The van der Waals surface area contributed by atoms with Crippen LogP contribution >= 0.6 is 15.9 Å². The van der Waals surface area contributed by atoms with Crippen LogP contribution in [0.3, 0.4) is 0 Å². The van der Waals surface area contributed by atoms with Crippen molar-refractivity contribution in [3.05, 3.63) is 100 Å². The Morgan fingerprint density at radius 3 is 2.04 bits per heavy atom. The lowest BCUT2D eigenvalue weighted by Gasteiger charge is -2.27. The number of nitrogens with zero attached hydrogens (tertiary/aromatic N) is 1. The molecule has 1 aliphatic rings. The van der Waals surface area contributed by atoms with Gasteiger partial charge >= 0.3 is 0 Å². The number of halogens is 1. The Hall–Kier alpha value is -2.85. The molecule has 1 aliphatic heterocycles. The van der Waals surface area contributed by atoms with E-state index in [2.05, 4.69) is 40.2 Å². The summed E-state index contributed by atoms with van der Waals surface area (Å²) in [5.74, 6) is 3.16. The van der Waals surface area contributed by atoms with Gasteiger partial charge in [0, 0.05) is 28.1 Å². The Morgan fingerprint density at radius 1 is 0.815 bits per heavy atom. The van der Waals surface area contributed by atoms with Gasteiger partial charge in [-0.1, -0.05) is 64.5 Å². The third-order valence-corrected chi connectivity index (χ3v) is 5.35. The van der Waals surface area contributed by atoms with Crippen LogP contribution in [0.5, 0.6) is 11.5 Å². The highest BCUT2D eigenvalue weighted by atomic mass is 79.9. The molecule has 0 atom stereocenters. The molecule has 0 unspecified atom stereocenters. The predicted octanol–water partition coefficient (Wildman–Crippen LogP) is 6.70. The molecule has 0 amide bonds. The molecule has 132 valence electrons. The monoisotopic (exact) mass is 417 g/mol. The highest BCUT2D eigenvalue weighted by Crippen LogP contribution is 2.49. The quantitative estimate of drug-likeness (QED) is 0.320. The molecule has 0 saturated carbocycles. The molecule has 2 heterocycles. The second kappa shape index (κ2) is 6.39. The molecule has 4 aromatic rings. The first-order valence-electron chi connectivity index (χ1n) is 8.79. The number of aryl methyl sites for hydroxylation is 1. The van der Waals surface area contributed by atoms with Gasteiger partial charge in [-0.15, -0.1) is 0 Å². The van der Waals surface area contributed by atoms with Crippen molar-refractivity contribution in [1.82, 2.24) is 4.98 Å². The summed E-state index contributed by atoms with van der Waals surface area (Å²) in [7, 11) is 0. The zero-order valence-corrected chi connectivity index (χ0v) is 16.2. The van der Waals surface area contributed by atoms with Gasteiger partial charge < -0.3 is 9.15 Å². The van der Waals surface area contributed by atoms with Crippen molar-refractivity contribution in [2.24, 2.45) is 0 Å². The number of fused-ring (bicyclic) bond motifs is 2. The second-order valence-electron chi connectivity index (χ2n) is 6.56. The fourth-order valence-electron chi connectivity index (χ4n) is 3.65. The molecule has 0 spiro atoms. The smallest absolute Gasteiger partial charge is 0.191 e. The van der Waals surface area contributed by atoms with E-state index in [4.69, 9.17) is 14.1 Å². The maximum absolute atomic E-state index is 6.17. The fraction of sp³-hybridized carbons (Fsp3) is 0.0870. The fourth-order valence-corrected chi connectivity index (χ4v) is 3.91. The number of ether oxygens (including phenoxy) is 1.